The third-order valence-electron chi connectivity index (χ3n) is 2.00. The number of nitrogens with one attached hydrogen (secondary N) is 1. The molecule has 0 aliphatic carbocycles. The molecular weight excluding hydrogens is 254 g/mol. The molecule has 70 valence electrons. The van der Waals surface area contributed by atoms with Crippen LogP contribution >= 0.6 is 27.3 Å². The van der Waals surface area contributed by atoms with E-state index in [4.69, 9.17) is 5.11 Å². The van der Waals surface area contributed by atoms with Gasteiger partial charge in [-0.1, -0.05) is 0 Å². The molecule has 5 heteroatoms. The molecule has 1 aliphatic heterocycles. The Hall–Kier alpha value is -0.550. The summed E-state index contributed by atoms with van der Waals surface area (Å²) in [6.45, 7) is 0.932. The normalized spacial score (nSPS) is 14.8. The summed E-state index contributed by atoms with van der Waals surface area (Å²) in [5.74, 6) is -0.854. The molecule has 0 aromatic carbocycles. The van der Waals surface area contributed by atoms with Crippen LogP contribution in [0.4, 0.5) is 5.69 Å². The zero-order valence-electron chi connectivity index (χ0n) is 6.76. The summed E-state index contributed by atoms with van der Waals surface area (Å²) in [6.07, 6.45) is 2.07. The number of aryl methyl sites for hydroxylation is 1. The highest BCUT2D eigenvalue weighted by molar-refractivity contribution is 9.10. The minimum absolute atomic E-state index is 0.402. The highest BCUT2D eigenvalue weighted by Crippen LogP contribution is 2.40. The van der Waals surface area contributed by atoms with Gasteiger partial charge < -0.3 is 10.4 Å². The van der Waals surface area contributed by atoms with Gasteiger partial charge >= 0.3 is 5.97 Å². The van der Waals surface area contributed by atoms with Crippen LogP contribution in [0.5, 0.6) is 0 Å². The second-order valence-corrected chi connectivity index (χ2v) is 4.78. The lowest BCUT2D eigenvalue weighted by atomic mass is 10.2. The molecule has 2 rings (SSSR count). The molecule has 2 N–H and O–H groups in total. The van der Waals surface area contributed by atoms with Crippen molar-refractivity contribution in [2.75, 3.05) is 11.9 Å². The fourth-order valence-electron chi connectivity index (χ4n) is 1.41. The van der Waals surface area contributed by atoms with E-state index >= 15 is 0 Å². The van der Waals surface area contributed by atoms with Gasteiger partial charge in [0.05, 0.1) is 10.2 Å². The van der Waals surface area contributed by atoms with Crippen LogP contribution in [-0.2, 0) is 6.42 Å². The molecule has 0 amide bonds. The van der Waals surface area contributed by atoms with Gasteiger partial charge in [0.15, 0.2) is 0 Å². The highest BCUT2D eigenvalue weighted by atomic mass is 79.9. The van der Waals surface area contributed by atoms with Crippen LogP contribution in [0, 0.1) is 0 Å². The van der Waals surface area contributed by atoms with Gasteiger partial charge in [-0.2, -0.15) is 0 Å². The predicted molar refractivity (Wildman–Crippen MR) is 55.8 cm³/mol. The number of aromatic carboxylic acids is 1. The number of hydrogen-bond donors (Lipinski definition) is 2. The predicted octanol–water partition coefficient (Wildman–Crippen LogP) is 2.57. The van der Waals surface area contributed by atoms with Crippen molar-refractivity contribution in [3.63, 3.8) is 0 Å². The molecular formula is C8H8BrNO2S. The molecule has 13 heavy (non-hydrogen) atoms. The lowest BCUT2D eigenvalue weighted by Crippen LogP contribution is -2.09. The minimum Gasteiger partial charge on any atom is -0.477 e. The highest BCUT2D eigenvalue weighted by Gasteiger charge is 2.22. The van der Waals surface area contributed by atoms with Crippen molar-refractivity contribution < 1.29 is 9.90 Å². The second-order valence-electron chi connectivity index (χ2n) is 2.88. The van der Waals surface area contributed by atoms with Gasteiger partial charge in [-0.3, -0.25) is 0 Å². The van der Waals surface area contributed by atoms with E-state index < -0.39 is 5.97 Å². The average molecular weight is 262 g/mol. The molecule has 1 aliphatic rings. The number of fused-ring (bicyclic) bond motifs is 1. The molecule has 0 fully saturated rings. The number of rotatable bonds is 1. The molecule has 0 radical (unpaired) electrons. The fourth-order valence-corrected chi connectivity index (χ4v) is 3.38. The van der Waals surface area contributed by atoms with Crippen LogP contribution in [0.25, 0.3) is 0 Å². The van der Waals surface area contributed by atoms with Crippen LogP contribution in [0.3, 0.4) is 0 Å². The number of carbonyl (C=O) groups is 1. The third kappa shape index (κ3) is 1.46. The van der Waals surface area contributed by atoms with Gasteiger partial charge in [0.25, 0.3) is 0 Å². The average Bonchev–Trinajstić information content (AvgIpc) is 2.45. The molecule has 0 spiro atoms. The fraction of sp³-hybridized carbons (Fsp3) is 0.375. The summed E-state index contributed by atoms with van der Waals surface area (Å²) in [6, 6.07) is 0. The molecule has 1 aromatic heterocycles. The van der Waals surface area contributed by atoms with Crippen LogP contribution < -0.4 is 5.32 Å². The van der Waals surface area contributed by atoms with Gasteiger partial charge in [0.2, 0.25) is 0 Å². The first-order chi connectivity index (χ1) is 6.20. The smallest absolute Gasteiger partial charge is 0.347 e. The van der Waals surface area contributed by atoms with Crippen molar-refractivity contribution >= 4 is 38.9 Å². The maximum absolute atomic E-state index is 10.8. The van der Waals surface area contributed by atoms with E-state index in [1.807, 2.05) is 0 Å². The van der Waals surface area contributed by atoms with E-state index in [1.165, 1.54) is 11.3 Å². The van der Waals surface area contributed by atoms with Crippen molar-refractivity contribution in [3.05, 3.63) is 14.2 Å². The van der Waals surface area contributed by atoms with Crippen molar-refractivity contribution in [1.29, 1.82) is 0 Å². The zero-order chi connectivity index (χ0) is 9.42. The minimum atomic E-state index is -0.854. The van der Waals surface area contributed by atoms with Crippen LogP contribution in [0.15, 0.2) is 4.47 Å². The first kappa shape index (κ1) is 9.02. The van der Waals surface area contributed by atoms with E-state index in [-0.39, 0.29) is 0 Å². The Morgan fingerprint density at radius 2 is 2.38 bits per heavy atom. The SMILES string of the molecule is O=C(O)c1sc2c(c1Br)NCCC2. The zero-order valence-corrected chi connectivity index (χ0v) is 9.17. The van der Waals surface area contributed by atoms with Crippen LogP contribution in [-0.4, -0.2) is 17.6 Å². The van der Waals surface area contributed by atoms with Crippen molar-refractivity contribution in [2.45, 2.75) is 12.8 Å². The Bertz CT molecular complexity index is 361. The summed E-state index contributed by atoms with van der Waals surface area (Å²) in [5.41, 5.74) is 0.980. The lowest BCUT2D eigenvalue weighted by molar-refractivity contribution is 0.0701. The standard InChI is InChI=1S/C8H8BrNO2S/c9-5-6-4(2-1-3-10-6)13-7(5)8(11)12/h10H,1-3H2,(H,11,12). The Morgan fingerprint density at radius 1 is 1.62 bits per heavy atom. The summed E-state index contributed by atoms with van der Waals surface area (Å²) >= 11 is 4.67. The molecule has 3 nitrogen and oxygen atoms in total. The third-order valence-corrected chi connectivity index (χ3v) is 4.29. The second kappa shape index (κ2) is 3.31. The molecule has 0 unspecified atom stereocenters. The summed E-state index contributed by atoms with van der Waals surface area (Å²) in [7, 11) is 0. The van der Waals surface area contributed by atoms with Crippen molar-refractivity contribution in [2.24, 2.45) is 0 Å². The number of hydrogen-bond acceptors (Lipinski definition) is 3. The largest absolute Gasteiger partial charge is 0.477 e. The van der Waals surface area contributed by atoms with E-state index in [0.29, 0.717) is 9.35 Å². The van der Waals surface area contributed by atoms with E-state index in [1.54, 1.807) is 0 Å². The summed E-state index contributed by atoms with van der Waals surface area (Å²) in [5, 5.41) is 12.1. The Balaban J connectivity index is 2.50. The number of carboxylic acid groups (broad SMARTS) is 1. The van der Waals surface area contributed by atoms with Crippen LogP contribution in [0.1, 0.15) is 21.0 Å². The monoisotopic (exact) mass is 261 g/mol. The van der Waals surface area contributed by atoms with Gasteiger partial charge in [0.1, 0.15) is 4.88 Å². The molecule has 0 saturated heterocycles. The van der Waals surface area contributed by atoms with Gasteiger partial charge in [-0.15, -0.1) is 11.3 Å². The molecule has 0 atom stereocenters. The Kier molecular flexibility index (Phi) is 2.29. The molecule has 0 saturated carbocycles. The first-order valence-electron chi connectivity index (χ1n) is 3.98. The molecule has 2 heterocycles. The number of thiophene rings is 1. The summed E-state index contributed by atoms with van der Waals surface area (Å²) < 4.78 is 0.708. The maximum Gasteiger partial charge on any atom is 0.347 e. The molecule has 1 aromatic rings. The van der Waals surface area contributed by atoms with Gasteiger partial charge in [-0.25, -0.2) is 4.79 Å². The topological polar surface area (TPSA) is 49.3 Å². The van der Waals surface area contributed by atoms with Crippen molar-refractivity contribution in [3.8, 4) is 0 Å². The molecule has 0 bridgehead atoms. The van der Waals surface area contributed by atoms with Crippen molar-refractivity contribution in [1.82, 2.24) is 0 Å². The maximum atomic E-state index is 10.8. The lowest BCUT2D eigenvalue weighted by Gasteiger charge is -2.13. The number of carboxylic acids is 1. The van der Waals surface area contributed by atoms with Gasteiger partial charge in [0, 0.05) is 11.4 Å². The summed E-state index contributed by atoms with van der Waals surface area (Å²) in [4.78, 5) is 12.3. The number of anilines is 1. The Labute approximate surface area is 87.9 Å². The Morgan fingerprint density at radius 3 is 3.00 bits per heavy atom. The van der Waals surface area contributed by atoms with Crippen LogP contribution in [0.2, 0.25) is 0 Å². The quantitative estimate of drug-likeness (QED) is 0.817. The first-order valence-corrected chi connectivity index (χ1v) is 5.59. The van der Waals surface area contributed by atoms with E-state index in [2.05, 4.69) is 21.2 Å². The van der Waals surface area contributed by atoms with E-state index in [0.717, 1.165) is 30.0 Å². The number of halogens is 1. The van der Waals surface area contributed by atoms with E-state index in [9.17, 15) is 4.79 Å². The van der Waals surface area contributed by atoms with Gasteiger partial charge in [-0.05, 0) is 28.8 Å².